The van der Waals surface area contributed by atoms with E-state index in [2.05, 4.69) is 31.9 Å². The molecule has 1 aromatic heterocycles. The molecule has 1 aliphatic rings. The molecule has 0 aliphatic carbocycles. The van der Waals surface area contributed by atoms with Gasteiger partial charge in [-0.3, -0.25) is 4.79 Å². The number of aryl methyl sites for hydroxylation is 1. The Morgan fingerprint density at radius 1 is 1.13 bits per heavy atom. The van der Waals surface area contributed by atoms with E-state index >= 15 is 0 Å². The van der Waals surface area contributed by atoms with E-state index in [1.165, 1.54) is 13.1 Å². The van der Waals surface area contributed by atoms with Crippen LogP contribution < -0.4 is 14.9 Å². The van der Waals surface area contributed by atoms with E-state index in [4.69, 9.17) is 0 Å². The van der Waals surface area contributed by atoms with E-state index in [0.717, 1.165) is 43.1 Å². The third kappa shape index (κ3) is 4.97. The Morgan fingerprint density at radius 2 is 1.83 bits per heavy atom. The summed E-state index contributed by atoms with van der Waals surface area (Å²) in [5.74, 6) is 0.590. The molecule has 0 radical (unpaired) electrons. The molecule has 1 aromatic carbocycles. The number of benzene rings is 1. The SMILES string of the molecule is CNS(=O)(=O)c1cc(C(=O)NCc2ccnc(N3CCN(C)CC3)c2)cc(C)c1C. The normalized spacial score (nSPS) is 15.3. The Bertz CT molecular complexity index is 1030. The van der Waals surface area contributed by atoms with E-state index in [1.54, 1.807) is 26.1 Å². The Balaban J connectivity index is 1.73. The number of nitrogens with one attached hydrogen (secondary N) is 2. The third-order valence-corrected chi connectivity index (χ3v) is 7.07. The molecule has 9 heteroatoms. The van der Waals surface area contributed by atoms with Crippen LogP contribution in [0.1, 0.15) is 27.0 Å². The quantitative estimate of drug-likeness (QED) is 0.716. The molecule has 2 heterocycles. The van der Waals surface area contributed by atoms with Gasteiger partial charge in [-0.25, -0.2) is 18.1 Å². The zero-order valence-electron chi connectivity index (χ0n) is 17.9. The van der Waals surface area contributed by atoms with Gasteiger partial charge in [0.05, 0.1) is 4.90 Å². The van der Waals surface area contributed by atoms with Crippen molar-refractivity contribution in [3.8, 4) is 0 Å². The summed E-state index contributed by atoms with van der Waals surface area (Å²) in [6, 6.07) is 6.99. The number of anilines is 1. The van der Waals surface area contributed by atoms with Crippen LogP contribution in [0, 0.1) is 13.8 Å². The first-order valence-corrected chi connectivity index (χ1v) is 11.4. The number of carbonyl (C=O) groups excluding carboxylic acids is 1. The van der Waals surface area contributed by atoms with E-state index in [9.17, 15) is 13.2 Å². The summed E-state index contributed by atoms with van der Waals surface area (Å²) in [5.41, 5.74) is 2.64. The van der Waals surface area contributed by atoms with Crippen LogP contribution >= 0.6 is 0 Å². The second-order valence-electron chi connectivity index (χ2n) is 7.62. The van der Waals surface area contributed by atoms with E-state index in [-0.39, 0.29) is 10.8 Å². The summed E-state index contributed by atoms with van der Waals surface area (Å²) in [4.78, 5) is 21.8. The molecule has 162 valence electrons. The number of likely N-dealkylation sites (N-methyl/N-ethyl adjacent to an activating group) is 1. The van der Waals surface area contributed by atoms with Gasteiger partial charge in [-0.05, 0) is 68.9 Å². The van der Waals surface area contributed by atoms with Crippen LogP contribution in [-0.2, 0) is 16.6 Å². The zero-order chi connectivity index (χ0) is 21.9. The Labute approximate surface area is 178 Å². The molecule has 0 spiro atoms. The van der Waals surface area contributed by atoms with E-state index in [0.29, 0.717) is 17.7 Å². The summed E-state index contributed by atoms with van der Waals surface area (Å²) in [7, 11) is -0.176. The van der Waals surface area contributed by atoms with Gasteiger partial charge in [0.15, 0.2) is 0 Å². The fraction of sp³-hybridized carbons (Fsp3) is 0.429. The molecule has 3 rings (SSSR count). The Kier molecular flexibility index (Phi) is 6.74. The van der Waals surface area contributed by atoms with Gasteiger partial charge in [-0.15, -0.1) is 0 Å². The number of nitrogens with zero attached hydrogens (tertiary/aromatic N) is 3. The van der Waals surface area contributed by atoms with Gasteiger partial charge in [-0.1, -0.05) is 0 Å². The summed E-state index contributed by atoms with van der Waals surface area (Å²) >= 11 is 0. The van der Waals surface area contributed by atoms with Crippen molar-refractivity contribution in [2.24, 2.45) is 0 Å². The number of pyridine rings is 1. The minimum atomic E-state index is -3.64. The van der Waals surface area contributed by atoms with Crippen molar-refractivity contribution in [2.75, 3.05) is 45.2 Å². The fourth-order valence-electron chi connectivity index (χ4n) is 3.41. The monoisotopic (exact) mass is 431 g/mol. The molecule has 1 aliphatic heterocycles. The predicted octanol–water partition coefficient (Wildman–Crippen LogP) is 1.29. The maximum absolute atomic E-state index is 12.7. The first kappa shape index (κ1) is 22.2. The van der Waals surface area contributed by atoms with Crippen molar-refractivity contribution in [1.82, 2.24) is 19.9 Å². The molecular weight excluding hydrogens is 402 g/mol. The number of hydrogen-bond acceptors (Lipinski definition) is 6. The van der Waals surface area contributed by atoms with E-state index < -0.39 is 10.0 Å². The summed E-state index contributed by atoms with van der Waals surface area (Å²) < 4.78 is 26.9. The number of hydrogen-bond donors (Lipinski definition) is 2. The summed E-state index contributed by atoms with van der Waals surface area (Å²) in [6.45, 7) is 7.70. The predicted molar refractivity (Wildman–Crippen MR) is 117 cm³/mol. The van der Waals surface area contributed by atoms with Crippen molar-refractivity contribution in [2.45, 2.75) is 25.3 Å². The molecule has 2 N–H and O–H groups in total. The Hall–Kier alpha value is -2.49. The Morgan fingerprint density at radius 3 is 2.50 bits per heavy atom. The van der Waals surface area contributed by atoms with Crippen molar-refractivity contribution < 1.29 is 13.2 Å². The lowest BCUT2D eigenvalue weighted by molar-refractivity contribution is 0.0950. The maximum atomic E-state index is 12.7. The zero-order valence-corrected chi connectivity index (χ0v) is 18.7. The van der Waals surface area contributed by atoms with Gasteiger partial charge in [-0.2, -0.15) is 0 Å². The highest BCUT2D eigenvalue weighted by Gasteiger charge is 2.20. The van der Waals surface area contributed by atoms with Crippen molar-refractivity contribution in [1.29, 1.82) is 0 Å². The molecule has 0 atom stereocenters. The van der Waals surface area contributed by atoms with Crippen LogP contribution in [0.4, 0.5) is 5.82 Å². The number of rotatable bonds is 6. The molecule has 0 saturated carbocycles. The average molecular weight is 432 g/mol. The molecular formula is C21H29N5O3S. The molecule has 1 amide bonds. The van der Waals surface area contributed by atoms with Gasteiger partial charge in [0, 0.05) is 44.5 Å². The summed E-state index contributed by atoms with van der Waals surface area (Å²) in [6.07, 6.45) is 1.75. The average Bonchev–Trinajstić information content (AvgIpc) is 2.74. The molecule has 8 nitrogen and oxygen atoms in total. The first-order valence-electron chi connectivity index (χ1n) is 9.92. The second kappa shape index (κ2) is 9.11. The minimum Gasteiger partial charge on any atom is -0.354 e. The highest BCUT2D eigenvalue weighted by molar-refractivity contribution is 7.89. The maximum Gasteiger partial charge on any atom is 0.251 e. The number of aromatic nitrogens is 1. The van der Waals surface area contributed by atoms with Gasteiger partial charge in [0.2, 0.25) is 10.0 Å². The van der Waals surface area contributed by atoms with Crippen LogP contribution in [0.15, 0.2) is 35.4 Å². The van der Waals surface area contributed by atoms with Crippen LogP contribution in [-0.4, -0.2) is 64.5 Å². The van der Waals surface area contributed by atoms with Crippen LogP contribution in [0.2, 0.25) is 0 Å². The van der Waals surface area contributed by atoms with Gasteiger partial charge in [0.25, 0.3) is 5.91 Å². The molecule has 30 heavy (non-hydrogen) atoms. The van der Waals surface area contributed by atoms with Gasteiger partial charge in [0.1, 0.15) is 5.82 Å². The summed E-state index contributed by atoms with van der Waals surface area (Å²) in [5, 5.41) is 2.89. The number of sulfonamides is 1. The molecule has 2 aromatic rings. The standard InChI is InChI=1S/C21H29N5O3S/c1-15-11-18(13-19(16(15)2)30(28,29)22-3)21(27)24-14-17-5-6-23-20(12-17)26-9-7-25(4)8-10-26/h5-6,11-13,22H,7-10,14H2,1-4H3,(H,24,27). The lowest BCUT2D eigenvalue weighted by Crippen LogP contribution is -2.44. The highest BCUT2D eigenvalue weighted by Crippen LogP contribution is 2.21. The van der Waals surface area contributed by atoms with Crippen LogP contribution in [0.3, 0.4) is 0 Å². The lowest BCUT2D eigenvalue weighted by atomic mass is 10.1. The number of amides is 1. The smallest absolute Gasteiger partial charge is 0.251 e. The largest absolute Gasteiger partial charge is 0.354 e. The molecule has 0 unspecified atom stereocenters. The second-order valence-corrected chi connectivity index (χ2v) is 9.47. The topological polar surface area (TPSA) is 94.6 Å². The van der Waals surface area contributed by atoms with Gasteiger partial charge < -0.3 is 15.1 Å². The lowest BCUT2D eigenvalue weighted by Gasteiger charge is -2.33. The fourth-order valence-corrected chi connectivity index (χ4v) is 4.48. The van der Waals surface area contributed by atoms with Gasteiger partial charge >= 0.3 is 0 Å². The van der Waals surface area contributed by atoms with Crippen molar-refractivity contribution >= 4 is 21.7 Å². The van der Waals surface area contributed by atoms with Crippen LogP contribution in [0.5, 0.6) is 0 Å². The molecule has 1 saturated heterocycles. The highest BCUT2D eigenvalue weighted by atomic mass is 32.2. The molecule has 0 bridgehead atoms. The first-order chi connectivity index (χ1) is 14.2. The minimum absolute atomic E-state index is 0.122. The van der Waals surface area contributed by atoms with Crippen LogP contribution in [0.25, 0.3) is 0 Å². The number of carbonyl (C=O) groups is 1. The number of piperazine rings is 1. The van der Waals surface area contributed by atoms with E-state index in [1.807, 2.05) is 12.1 Å². The van der Waals surface area contributed by atoms with Crippen molar-refractivity contribution in [3.05, 3.63) is 52.7 Å². The van der Waals surface area contributed by atoms with Crippen molar-refractivity contribution in [3.63, 3.8) is 0 Å². The third-order valence-electron chi connectivity index (χ3n) is 5.53. The molecule has 1 fully saturated rings.